The normalized spacial score (nSPS) is 16.5. The van der Waals surface area contributed by atoms with Crippen molar-refractivity contribution in [2.24, 2.45) is 5.92 Å². The van der Waals surface area contributed by atoms with Gasteiger partial charge >= 0.3 is 5.97 Å². The molecule has 1 aromatic heterocycles. The van der Waals surface area contributed by atoms with E-state index in [4.69, 9.17) is 4.74 Å². The average molecular weight is 387 g/mol. The Labute approximate surface area is 161 Å². The van der Waals surface area contributed by atoms with Gasteiger partial charge in [-0.3, -0.25) is 9.59 Å². The second kappa shape index (κ2) is 7.87. The van der Waals surface area contributed by atoms with Crippen molar-refractivity contribution in [3.63, 3.8) is 0 Å². The number of benzene rings is 1. The van der Waals surface area contributed by atoms with Crippen LogP contribution in [0.4, 0.5) is 10.8 Å². The van der Waals surface area contributed by atoms with Gasteiger partial charge in [-0.1, -0.05) is 29.5 Å². The van der Waals surface area contributed by atoms with E-state index in [-0.39, 0.29) is 24.8 Å². The summed E-state index contributed by atoms with van der Waals surface area (Å²) in [7, 11) is 0. The molecule has 2 heterocycles. The van der Waals surface area contributed by atoms with Crippen molar-refractivity contribution in [2.75, 3.05) is 23.4 Å². The second-order valence-electron chi connectivity index (χ2n) is 6.34. The molecule has 1 N–H and O–H groups in total. The SMILES string of the molecule is CCOC(=O)c1sc(NC(=O)[C@H]2CC(=O)N(c3ccccc3C)C2)nc1C. The average Bonchev–Trinajstić information content (AvgIpc) is 3.18. The van der Waals surface area contributed by atoms with Crippen LogP contribution in [0, 0.1) is 19.8 Å². The lowest BCUT2D eigenvalue weighted by Crippen LogP contribution is -2.28. The first kappa shape index (κ1) is 19.0. The summed E-state index contributed by atoms with van der Waals surface area (Å²) in [6.07, 6.45) is 0.148. The Bertz CT molecular complexity index is 893. The van der Waals surface area contributed by atoms with Gasteiger partial charge in [0, 0.05) is 18.7 Å². The van der Waals surface area contributed by atoms with Gasteiger partial charge in [0.25, 0.3) is 0 Å². The van der Waals surface area contributed by atoms with Crippen LogP contribution in [0.2, 0.25) is 0 Å². The topological polar surface area (TPSA) is 88.6 Å². The Kier molecular flexibility index (Phi) is 5.55. The van der Waals surface area contributed by atoms with Crippen LogP contribution in [0.3, 0.4) is 0 Å². The van der Waals surface area contributed by atoms with Gasteiger partial charge in [-0.2, -0.15) is 0 Å². The quantitative estimate of drug-likeness (QED) is 0.797. The van der Waals surface area contributed by atoms with Crippen LogP contribution < -0.4 is 10.2 Å². The van der Waals surface area contributed by atoms with Gasteiger partial charge in [0.2, 0.25) is 11.8 Å². The molecule has 2 aromatic rings. The van der Waals surface area contributed by atoms with Crippen LogP contribution >= 0.6 is 11.3 Å². The fourth-order valence-electron chi connectivity index (χ4n) is 3.03. The molecule has 0 bridgehead atoms. The van der Waals surface area contributed by atoms with Gasteiger partial charge in [-0.05, 0) is 32.4 Å². The summed E-state index contributed by atoms with van der Waals surface area (Å²) < 4.78 is 4.98. The van der Waals surface area contributed by atoms with Crippen molar-refractivity contribution in [3.05, 3.63) is 40.4 Å². The van der Waals surface area contributed by atoms with E-state index < -0.39 is 11.9 Å². The lowest BCUT2D eigenvalue weighted by Gasteiger charge is -2.18. The summed E-state index contributed by atoms with van der Waals surface area (Å²) in [5, 5.41) is 3.07. The highest BCUT2D eigenvalue weighted by Gasteiger charge is 2.36. The molecular weight excluding hydrogens is 366 g/mol. The van der Waals surface area contributed by atoms with E-state index in [0.717, 1.165) is 22.6 Å². The predicted molar refractivity (Wildman–Crippen MR) is 103 cm³/mol. The zero-order chi connectivity index (χ0) is 19.6. The third-order valence-corrected chi connectivity index (χ3v) is 5.44. The third-order valence-electron chi connectivity index (χ3n) is 4.39. The van der Waals surface area contributed by atoms with E-state index in [1.807, 2.05) is 31.2 Å². The molecule has 142 valence electrons. The molecule has 1 fully saturated rings. The fourth-order valence-corrected chi connectivity index (χ4v) is 3.89. The van der Waals surface area contributed by atoms with Gasteiger partial charge in [-0.15, -0.1) is 0 Å². The minimum atomic E-state index is -0.465. The van der Waals surface area contributed by atoms with E-state index in [0.29, 0.717) is 22.2 Å². The number of thiazole rings is 1. The predicted octanol–water partition coefficient (Wildman–Crippen LogP) is 2.93. The second-order valence-corrected chi connectivity index (χ2v) is 7.33. The maximum atomic E-state index is 12.6. The molecule has 0 saturated carbocycles. The number of nitrogens with zero attached hydrogens (tertiary/aromatic N) is 2. The van der Waals surface area contributed by atoms with Crippen molar-refractivity contribution in [1.29, 1.82) is 0 Å². The van der Waals surface area contributed by atoms with Crippen LogP contribution in [-0.2, 0) is 14.3 Å². The number of hydrogen-bond acceptors (Lipinski definition) is 6. The number of carbonyl (C=O) groups excluding carboxylic acids is 3. The molecule has 3 rings (SSSR count). The smallest absolute Gasteiger partial charge is 0.350 e. The van der Waals surface area contributed by atoms with E-state index >= 15 is 0 Å². The van der Waals surface area contributed by atoms with E-state index in [1.165, 1.54) is 0 Å². The summed E-state index contributed by atoms with van der Waals surface area (Å²) in [4.78, 5) is 43.1. The molecule has 1 aromatic carbocycles. The number of rotatable bonds is 5. The first-order chi connectivity index (χ1) is 12.9. The molecule has 7 nitrogen and oxygen atoms in total. The minimum absolute atomic E-state index is 0.0769. The van der Waals surface area contributed by atoms with Crippen LogP contribution in [-0.4, -0.2) is 35.9 Å². The number of aryl methyl sites for hydroxylation is 2. The van der Waals surface area contributed by atoms with Gasteiger partial charge in [-0.25, -0.2) is 9.78 Å². The van der Waals surface area contributed by atoms with Crippen LogP contribution in [0.15, 0.2) is 24.3 Å². The molecule has 8 heteroatoms. The molecule has 0 radical (unpaired) electrons. The monoisotopic (exact) mass is 387 g/mol. The zero-order valence-corrected chi connectivity index (χ0v) is 16.3. The fraction of sp³-hybridized carbons (Fsp3) is 0.368. The summed E-state index contributed by atoms with van der Waals surface area (Å²) in [5.41, 5.74) is 2.33. The Balaban J connectivity index is 1.69. The molecule has 2 amide bonds. The molecule has 1 atom stereocenters. The summed E-state index contributed by atoms with van der Waals surface area (Å²) in [6, 6.07) is 7.60. The number of esters is 1. The van der Waals surface area contributed by atoms with E-state index in [2.05, 4.69) is 10.3 Å². The van der Waals surface area contributed by atoms with Gasteiger partial charge in [0.05, 0.1) is 18.2 Å². The van der Waals surface area contributed by atoms with Crippen molar-refractivity contribution in [3.8, 4) is 0 Å². The molecule has 1 aliphatic rings. The molecule has 1 saturated heterocycles. The molecule has 1 aliphatic heterocycles. The number of ether oxygens (including phenoxy) is 1. The Morgan fingerprint density at radius 2 is 2.07 bits per heavy atom. The summed E-state index contributed by atoms with van der Waals surface area (Å²) >= 11 is 1.08. The van der Waals surface area contributed by atoms with Crippen molar-refractivity contribution < 1.29 is 19.1 Å². The molecule has 0 unspecified atom stereocenters. The maximum Gasteiger partial charge on any atom is 0.350 e. The van der Waals surface area contributed by atoms with Crippen molar-refractivity contribution in [2.45, 2.75) is 27.2 Å². The Hall–Kier alpha value is -2.74. The van der Waals surface area contributed by atoms with Crippen LogP contribution in [0.25, 0.3) is 0 Å². The van der Waals surface area contributed by atoms with E-state index in [1.54, 1.807) is 18.7 Å². The number of para-hydroxylation sites is 1. The minimum Gasteiger partial charge on any atom is -0.462 e. The Morgan fingerprint density at radius 3 is 2.78 bits per heavy atom. The first-order valence-corrected chi connectivity index (χ1v) is 9.53. The zero-order valence-electron chi connectivity index (χ0n) is 15.4. The van der Waals surface area contributed by atoms with Crippen molar-refractivity contribution >= 4 is 39.9 Å². The highest BCUT2D eigenvalue weighted by Crippen LogP contribution is 2.29. The first-order valence-electron chi connectivity index (χ1n) is 8.72. The van der Waals surface area contributed by atoms with Crippen LogP contribution in [0.1, 0.15) is 34.3 Å². The lowest BCUT2D eigenvalue weighted by atomic mass is 10.1. The highest BCUT2D eigenvalue weighted by molar-refractivity contribution is 7.17. The van der Waals surface area contributed by atoms with Gasteiger partial charge in [0.1, 0.15) is 4.88 Å². The van der Waals surface area contributed by atoms with E-state index in [9.17, 15) is 14.4 Å². The summed E-state index contributed by atoms with van der Waals surface area (Å²) in [6.45, 7) is 5.96. The molecule has 0 aliphatic carbocycles. The van der Waals surface area contributed by atoms with Gasteiger partial charge in [0.15, 0.2) is 5.13 Å². The number of anilines is 2. The van der Waals surface area contributed by atoms with Crippen molar-refractivity contribution in [1.82, 2.24) is 4.98 Å². The highest BCUT2D eigenvalue weighted by atomic mass is 32.1. The number of nitrogens with one attached hydrogen (secondary N) is 1. The number of hydrogen-bond donors (Lipinski definition) is 1. The van der Waals surface area contributed by atoms with Crippen LogP contribution in [0.5, 0.6) is 0 Å². The number of amides is 2. The third kappa shape index (κ3) is 4.00. The molecule has 0 spiro atoms. The van der Waals surface area contributed by atoms with Gasteiger partial charge < -0.3 is 15.0 Å². The molecule has 27 heavy (non-hydrogen) atoms. The Morgan fingerprint density at radius 1 is 1.33 bits per heavy atom. The summed E-state index contributed by atoms with van der Waals surface area (Å²) in [5.74, 6) is -1.27. The number of carbonyl (C=O) groups is 3. The number of aromatic nitrogens is 1. The molecular formula is C19H21N3O4S. The maximum absolute atomic E-state index is 12.6. The standard InChI is InChI=1S/C19H21N3O4S/c1-4-26-18(25)16-12(3)20-19(27-16)21-17(24)13-9-15(23)22(10-13)14-8-6-5-7-11(14)2/h5-8,13H,4,9-10H2,1-3H3,(H,20,21,24)/t13-/m0/s1. The lowest BCUT2D eigenvalue weighted by molar-refractivity contribution is -0.122. The largest absolute Gasteiger partial charge is 0.462 e.